The largest absolute Gasteiger partial charge is 0.480 e. The van der Waals surface area contributed by atoms with Gasteiger partial charge < -0.3 is 20.5 Å². The van der Waals surface area contributed by atoms with Crippen molar-refractivity contribution in [3.05, 3.63) is 71.8 Å². The summed E-state index contributed by atoms with van der Waals surface area (Å²) in [6.07, 6.45) is 0.782. The highest BCUT2D eigenvalue weighted by Gasteiger charge is 2.29. The maximum absolute atomic E-state index is 12.9. The molecule has 0 fully saturated rings. The third-order valence-corrected chi connectivity index (χ3v) is 5.15. The normalized spacial score (nSPS) is 12.3. The summed E-state index contributed by atoms with van der Waals surface area (Å²) < 4.78 is 5.19. The van der Waals surface area contributed by atoms with Crippen LogP contribution in [0.3, 0.4) is 0 Å². The number of amides is 2. The van der Waals surface area contributed by atoms with E-state index in [4.69, 9.17) is 4.74 Å². The third kappa shape index (κ3) is 8.81. The molecular weight excluding hydrogens is 432 g/mol. The van der Waals surface area contributed by atoms with Gasteiger partial charge >= 0.3 is 12.1 Å². The van der Waals surface area contributed by atoms with Crippen molar-refractivity contribution in [3.8, 4) is 0 Å². The summed E-state index contributed by atoms with van der Waals surface area (Å²) in [4.78, 5) is 48.6. The second kappa shape index (κ2) is 13.2. The van der Waals surface area contributed by atoms with Crippen molar-refractivity contribution in [3.63, 3.8) is 0 Å². The minimum Gasteiger partial charge on any atom is -0.480 e. The van der Waals surface area contributed by atoms with Crippen LogP contribution in [0.25, 0.3) is 0 Å². The monoisotopic (exact) mass is 459 g/mol. The molecular formula is C23H27N2O6S+. The summed E-state index contributed by atoms with van der Waals surface area (Å²) in [6.45, 7) is 0.0227. The molecule has 2 atom stereocenters. The van der Waals surface area contributed by atoms with E-state index in [1.807, 2.05) is 24.3 Å². The first kappa shape index (κ1) is 24.9. The maximum atomic E-state index is 12.9. The molecule has 32 heavy (non-hydrogen) atoms. The lowest BCUT2D eigenvalue weighted by Gasteiger charge is -2.21. The van der Waals surface area contributed by atoms with Crippen LogP contribution in [0.1, 0.15) is 17.5 Å². The van der Waals surface area contributed by atoms with Gasteiger partial charge in [0.15, 0.2) is 11.5 Å². The maximum Gasteiger partial charge on any atom is 0.408 e. The van der Waals surface area contributed by atoms with E-state index < -0.39 is 30.1 Å². The Morgan fingerprint density at radius 3 is 2.06 bits per heavy atom. The third-order valence-electron chi connectivity index (χ3n) is 4.48. The number of ketones is 1. The van der Waals surface area contributed by atoms with Crippen molar-refractivity contribution in [2.75, 3.05) is 12.0 Å². The number of carbonyl (C=O) groups excluding carboxylic acids is 3. The molecule has 3 N–H and O–H groups in total. The molecule has 2 rings (SSSR count). The van der Waals surface area contributed by atoms with Crippen molar-refractivity contribution in [2.24, 2.45) is 0 Å². The van der Waals surface area contributed by atoms with E-state index >= 15 is 0 Å². The number of carbonyl (C=O) groups is 4. The molecule has 2 amide bonds. The van der Waals surface area contributed by atoms with Gasteiger partial charge in [-0.05, 0) is 22.9 Å². The highest BCUT2D eigenvalue weighted by molar-refractivity contribution is 7.78. The van der Waals surface area contributed by atoms with Gasteiger partial charge in [0, 0.05) is 12.8 Å². The zero-order valence-corrected chi connectivity index (χ0v) is 18.6. The van der Waals surface area contributed by atoms with Crippen LogP contribution in [-0.2, 0) is 43.9 Å². The van der Waals surface area contributed by atoms with Crippen molar-refractivity contribution < 1.29 is 29.0 Å². The number of hydrogen-bond donors (Lipinski definition) is 3. The van der Waals surface area contributed by atoms with Gasteiger partial charge in [-0.3, -0.25) is 9.59 Å². The number of hydrogen-bond acceptors (Lipinski definition) is 5. The predicted molar refractivity (Wildman–Crippen MR) is 122 cm³/mol. The molecule has 0 radical (unpaired) electrons. The molecule has 170 valence electrons. The van der Waals surface area contributed by atoms with Crippen LogP contribution < -0.4 is 10.6 Å². The van der Waals surface area contributed by atoms with Crippen LogP contribution in [0.5, 0.6) is 0 Å². The first-order chi connectivity index (χ1) is 15.4. The van der Waals surface area contributed by atoms with Gasteiger partial charge in [0.25, 0.3) is 0 Å². The van der Waals surface area contributed by atoms with E-state index in [-0.39, 0.29) is 31.0 Å². The van der Waals surface area contributed by atoms with Crippen molar-refractivity contribution in [1.29, 1.82) is 0 Å². The SMILES string of the molecule is C[SH+]CC(=O)CC(NC(=O)C(Cc1ccccc1)NC(=O)OCc1ccccc1)C(=O)O. The predicted octanol–water partition coefficient (Wildman–Crippen LogP) is 1.50. The molecule has 2 aromatic carbocycles. The quantitative estimate of drug-likeness (QED) is 0.327. The molecule has 0 aliphatic heterocycles. The number of carboxylic acid groups (broad SMARTS) is 1. The van der Waals surface area contributed by atoms with E-state index in [1.54, 1.807) is 42.7 Å². The smallest absolute Gasteiger partial charge is 0.408 e. The Bertz CT molecular complexity index is 907. The lowest BCUT2D eigenvalue weighted by Crippen LogP contribution is -2.53. The molecule has 2 aromatic rings. The number of ether oxygens (including phenoxy) is 1. The van der Waals surface area contributed by atoms with Crippen LogP contribution in [0.4, 0.5) is 4.79 Å². The number of thiol groups is 1. The number of carboxylic acids is 1. The molecule has 8 nitrogen and oxygen atoms in total. The zero-order valence-electron chi connectivity index (χ0n) is 17.7. The minimum atomic E-state index is -1.38. The Kier molecular flexibility index (Phi) is 10.3. The van der Waals surface area contributed by atoms with Gasteiger partial charge in [-0.2, -0.15) is 0 Å². The Labute approximate surface area is 190 Å². The van der Waals surface area contributed by atoms with Crippen LogP contribution in [0, 0.1) is 0 Å². The second-order valence-corrected chi connectivity index (χ2v) is 8.01. The summed E-state index contributed by atoms with van der Waals surface area (Å²) in [5.41, 5.74) is 1.55. The molecule has 9 heteroatoms. The van der Waals surface area contributed by atoms with E-state index in [0.717, 1.165) is 22.9 Å². The average Bonchev–Trinajstić information content (AvgIpc) is 2.78. The van der Waals surface area contributed by atoms with E-state index in [2.05, 4.69) is 10.6 Å². The fourth-order valence-corrected chi connectivity index (χ4v) is 3.39. The first-order valence-corrected chi connectivity index (χ1v) is 11.5. The standard InChI is InChI=1S/C23H26N2O6S/c1-32-15-18(26)13-20(22(28)29)24-21(27)19(12-16-8-4-2-5-9-16)25-23(30)31-14-17-10-6-3-7-11-17/h2-11,19-20H,12-15H2,1H3,(H,24,27)(H,25,30)(H,28,29)/p+1. The Morgan fingerprint density at radius 2 is 1.50 bits per heavy atom. The number of alkyl carbamates (subject to hydrolysis) is 1. The number of nitrogens with one attached hydrogen (secondary N) is 2. The lowest BCUT2D eigenvalue weighted by molar-refractivity contribution is -0.143. The zero-order chi connectivity index (χ0) is 23.3. The van der Waals surface area contributed by atoms with Gasteiger partial charge in [0.2, 0.25) is 5.91 Å². The van der Waals surface area contributed by atoms with Gasteiger partial charge in [-0.25, -0.2) is 9.59 Å². The number of benzene rings is 2. The van der Waals surface area contributed by atoms with Crippen LogP contribution in [0.15, 0.2) is 60.7 Å². The van der Waals surface area contributed by atoms with Crippen molar-refractivity contribution in [1.82, 2.24) is 10.6 Å². The number of rotatable bonds is 12. The van der Waals surface area contributed by atoms with Crippen LogP contribution in [-0.4, -0.2) is 53.0 Å². The molecule has 0 saturated carbocycles. The second-order valence-electron chi connectivity index (χ2n) is 7.06. The van der Waals surface area contributed by atoms with Gasteiger partial charge in [0.1, 0.15) is 18.7 Å². The highest BCUT2D eigenvalue weighted by atomic mass is 32.2. The Balaban J connectivity index is 2.06. The molecule has 0 saturated heterocycles. The lowest BCUT2D eigenvalue weighted by atomic mass is 10.0. The molecule has 0 aliphatic rings. The minimum absolute atomic E-state index is 0.0227. The highest BCUT2D eigenvalue weighted by Crippen LogP contribution is 2.06. The summed E-state index contributed by atoms with van der Waals surface area (Å²) in [5.74, 6) is -2.09. The fraction of sp³-hybridized carbons (Fsp3) is 0.304. The van der Waals surface area contributed by atoms with E-state index in [0.29, 0.717) is 0 Å². The topological polar surface area (TPSA) is 122 Å². The molecule has 0 spiro atoms. The molecule has 0 aliphatic carbocycles. The molecule has 0 heterocycles. The fourth-order valence-electron chi connectivity index (χ4n) is 2.91. The van der Waals surface area contributed by atoms with E-state index in [9.17, 15) is 24.3 Å². The number of Topliss-reactive ketones (excluding diaryl/α,β-unsaturated/α-hetero) is 1. The molecule has 0 bridgehead atoms. The van der Waals surface area contributed by atoms with E-state index in [1.165, 1.54) is 0 Å². The summed E-state index contributed by atoms with van der Waals surface area (Å²) in [6, 6.07) is 15.6. The summed E-state index contributed by atoms with van der Waals surface area (Å²) in [7, 11) is 0. The average molecular weight is 460 g/mol. The number of aliphatic carboxylic acids is 1. The summed E-state index contributed by atoms with van der Waals surface area (Å²) in [5, 5.41) is 14.3. The molecule has 2 unspecified atom stereocenters. The van der Waals surface area contributed by atoms with Gasteiger partial charge in [-0.15, -0.1) is 0 Å². The van der Waals surface area contributed by atoms with Gasteiger partial charge in [0.05, 0.1) is 6.26 Å². The van der Waals surface area contributed by atoms with Crippen molar-refractivity contribution >= 4 is 35.5 Å². The van der Waals surface area contributed by atoms with Crippen LogP contribution >= 0.6 is 0 Å². The first-order valence-electron chi connectivity index (χ1n) is 10.0. The van der Waals surface area contributed by atoms with Crippen molar-refractivity contribution in [2.45, 2.75) is 31.5 Å². The Hall–Kier alpha value is -3.33. The summed E-state index contributed by atoms with van der Waals surface area (Å²) >= 11 is 0.816. The van der Waals surface area contributed by atoms with Crippen LogP contribution in [0.2, 0.25) is 0 Å². The van der Waals surface area contributed by atoms with Gasteiger partial charge in [-0.1, -0.05) is 60.7 Å². The molecule has 0 aromatic heterocycles. The Morgan fingerprint density at radius 1 is 0.906 bits per heavy atom.